The van der Waals surface area contributed by atoms with Crippen LogP contribution in [0.3, 0.4) is 0 Å². The van der Waals surface area contributed by atoms with Gasteiger partial charge in [0.25, 0.3) is 0 Å². The Morgan fingerprint density at radius 1 is 1.50 bits per heavy atom. The largest absolute Gasteiger partial charge is 0.383 e. The van der Waals surface area contributed by atoms with Crippen molar-refractivity contribution in [3.63, 3.8) is 0 Å². The van der Waals surface area contributed by atoms with Crippen LogP contribution < -0.4 is 5.32 Å². The smallest absolute Gasteiger partial charge is 0.165 e. The molecule has 0 saturated carbocycles. The minimum absolute atomic E-state index is 0.598. The fourth-order valence-electron chi connectivity index (χ4n) is 1.29. The molecule has 0 aliphatic heterocycles. The number of hydrogen-bond donors (Lipinski definition) is 1. The quantitative estimate of drug-likeness (QED) is 0.653. The molecule has 1 heterocycles. The lowest BCUT2D eigenvalue weighted by Gasteiger charge is -2.09. The standard InChI is InChI=1S/C10H21N5O/c1-4-9(2)8-15-10(12-13-14-15)7-11-5-6-16-3/h9,11H,4-8H2,1-3H3. The summed E-state index contributed by atoms with van der Waals surface area (Å²) in [5.74, 6) is 1.48. The van der Waals surface area contributed by atoms with E-state index in [1.54, 1.807) is 7.11 Å². The van der Waals surface area contributed by atoms with Gasteiger partial charge in [-0.3, -0.25) is 0 Å². The van der Waals surface area contributed by atoms with E-state index in [0.29, 0.717) is 19.1 Å². The van der Waals surface area contributed by atoms with Gasteiger partial charge in [0.2, 0.25) is 0 Å². The van der Waals surface area contributed by atoms with Crippen LogP contribution in [0.2, 0.25) is 0 Å². The second-order valence-electron chi connectivity index (χ2n) is 3.96. The molecular weight excluding hydrogens is 206 g/mol. The highest BCUT2D eigenvalue weighted by Crippen LogP contribution is 2.04. The molecule has 1 aromatic rings. The minimum atomic E-state index is 0.598. The van der Waals surface area contributed by atoms with E-state index in [0.717, 1.165) is 25.3 Å². The third kappa shape index (κ3) is 4.24. The molecule has 0 saturated heterocycles. The molecule has 0 spiro atoms. The zero-order valence-electron chi connectivity index (χ0n) is 10.3. The van der Waals surface area contributed by atoms with Crippen LogP contribution in [-0.4, -0.2) is 40.5 Å². The maximum atomic E-state index is 4.95. The maximum absolute atomic E-state index is 4.95. The number of tetrazole rings is 1. The fraction of sp³-hybridized carbons (Fsp3) is 0.900. The van der Waals surface area contributed by atoms with Crippen molar-refractivity contribution in [2.75, 3.05) is 20.3 Å². The van der Waals surface area contributed by atoms with E-state index < -0.39 is 0 Å². The molecule has 6 nitrogen and oxygen atoms in total. The van der Waals surface area contributed by atoms with Crippen molar-refractivity contribution in [1.29, 1.82) is 0 Å². The molecule has 1 rings (SSSR count). The van der Waals surface area contributed by atoms with Gasteiger partial charge in [0.05, 0.1) is 13.2 Å². The number of rotatable bonds is 8. The molecule has 0 fully saturated rings. The van der Waals surface area contributed by atoms with E-state index in [1.165, 1.54) is 0 Å². The van der Waals surface area contributed by atoms with Gasteiger partial charge in [0.15, 0.2) is 5.82 Å². The van der Waals surface area contributed by atoms with Gasteiger partial charge in [0.1, 0.15) is 0 Å². The molecule has 1 unspecified atom stereocenters. The summed E-state index contributed by atoms with van der Waals surface area (Å²) in [6.45, 7) is 7.45. The third-order valence-electron chi connectivity index (χ3n) is 2.55. The second kappa shape index (κ2) is 7.29. The molecule has 0 bridgehead atoms. The summed E-state index contributed by atoms with van der Waals surface area (Å²) in [6.07, 6.45) is 1.14. The molecule has 1 atom stereocenters. The number of hydrogen-bond acceptors (Lipinski definition) is 5. The first-order chi connectivity index (χ1) is 7.77. The van der Waals surface area contributed by atoms with Gasteiger partial charge in [-0.25, -0.2) is 4.68 Å². The molecule has 16 heavy (non-hydrogen) atoms. The Morgan fingerprint density at radius 2 is 2.31 bits per heavy atom. The molecular formula is C10H21N5O. The van der Waals surface area contributed by atoms with Crippen LogP contribution in [0.1, 0.15) is 26.1 Å². The van der Waals surface area contributed by atoms with Crippen LogP contribution in [0.15, 0.2) is 0 Å². The highest BCUT2D eigenvalue weighted by Gasteiger charge is 2.08. The van der Waals surface area contributed by atoms with Gasteiger partial charge in [-0.1, -0.05) is 20.3 Å². The Hall–Kier alpha value is -1.01. The van der Waals surface area contributed by atoms with E-state index in [4.69, 9.17) is 4.74 Å². The summed E-state index contributed by atoms with van der Waals surface area (Å²) in [7, 11) is 1.69. The molecule has 0 aliphatic carbocycles. The summed E-state index contributed by atoms with van der Waals surface area (Å²) in [4.78, 5) is 0. The van der Waals surface area contributed by atoms with E-state index in [-0.39, 0.29) is 0 Å². The van der Waals surface area contributed by atoms with Gasteiger partial charge in [-0.05, 0) is 16.3 Å². The van der Waals surface area contributed by atoms with Crippen LogP contribution in [0.4, 0.5) is 0 Å². The fourth-order valence-corrected chi connectivity index (χ4v) is 1.29. The van der Waals surface area contributed by atoms with Gasteiger partial charge in [0, 0.05) is 20.2 Å². The Kier molecular flexibility index (Phi) is 5.95. The zero-order chi connectivity index (χ0) is 11.8. The lowest BCUT2D eigenvalue weighted by Crippen LogP contribution is -2.22. The van der Waals surface area contributed by atoms with E-state index in [2.05, 4.69) is 34.7 Å². The van der Waals surface area contributed by atoms with Gasteiger partial charge < -0.3 is 10.1 Å². The summed E-state index contributed by atoms with van der Waals surface area (Å²) >= 11 is 0. The average Bonchev–Trinajstić information content (AvgIpc) is 2.72. The van der Waals surface area contributed by atoms with E-state index in [1.807, 2.05) is 4.68 Å². The van der Waals surface area contributed by atoms with Crippen molar-refractivity contribution in [1.82, 2.24) is 25.5 Å². The number of nitrogens with zero attached hydrogens (tertiary/aromatic N) is 4. The molecule has 0 aromatic carbocycles. The first-order valence-electron chi connectivity index (χ1n) is 5.72. The van der Waals surface area contributed by atoms with Crippen LogP contribution in [0, 0.1) is 5.92 Å². The van der Waals surface area contributed by atoms with Gasteiger partial charge in [-0.15, -0.1) is 5.10 Å². The first kappa shape index (κ1) is 13.1. The Morgan fingerprint density at radius 3 is 3.00 bits per heavy atom. The highest BCUT2D eigenvalue weighted by molar-refractivity contribution is 4.80. The van der Waals surface area contributed by atoms with Crippen LogP contribution in [-0.2, 0) is 17.8 Å². The SMILES string of the molecule is CCC(C)Cn1nnnc1CNCCOC. The summed E-state index contributed by atoms with van der Waals surface area (Å²) in [6, 6.07) is 0. The summed E-state index contributed by atoms with van der Waals surface area (Å²) in [5, 5.41) is 14.9. The Labute approximate surface area is 96.4 Å². The van der Waals surface area contributed by atoms with Gasteiger partial charge >= 0.3 is 0 Å². The molecule has 0 amide bonds. The second-order valence-corrected chi connectivity index (χ2v) is 3.96. The molecule has 0 radical (unpaired) electrons. The highest BCUT2D eigenvalue weighted by atomic mass is 16.5. The van der Waals surface area contributed by atoms with Crippen molar-refractivity contribution in [2.45, 2.75) is 33.4 Å². The summed E-state index contributed by atoms with van der Waals surface area (Å²) < 4.78 is 6.82. The van der Waals surface area contributed by atoms with Crippen LogP contribution in [0.25, 0.3) is 0 Å². The van der Waals surface area contributed by atoms with Gasteiger partial charge in [-0.2, -0.15) is 0 Å². The first-order valence-corrected chi connectivity index (χ1v) is 5.72. The number of ether oxygens (including phenoxy) is 1. The predicted octanol–water partition coefficient (Wildman–Crippen LogP) is 0.455. The molecule has 92 valence electrons. The van der Waals surface area contributed by atoms with Crippen molar-refractivity contribution in [3.05, 3.63) is 5.82 Å². The third-order valence-corrected chi connectivity index (χ3v) is 2.55. The lowest BCUT2D eigenvalue weighted by atomic mass is 10.1. The van der Waals surface area contributed by atoms with Crippen LogP contribution >= 0.6 is 0 Å². The number of nitrogens with one attached hydrogen (secondary N) is 1. The number of aromatic nitrogens is 4. The van der Waals surface area contributed by atoms with Crippen molar-refractivity contribution < 1.29 is 4.74 Å². The minimum Gasteiger partial charge on any atom is -0.383 e. The lowest BCUT2D eigenvalue weighted by molar-refractivity contribution is 0.198. The normalized spacial score (nSPS) is 12.9. The Balaban J connectivity index is 2.38. The van der Waals surface area contributed by atoms with E-state index >= 15 is 0 Å². The molecule has 1 N–H and O–H groups in total. The maximum Gasteiger partial charge on any atom is 0.165 e. The van der Waals surface area contributed by atoms with Crippen LogP contribution in [0.5, 0.6) is 0 Å². The monoisotopic (exact) mass is 227 g/mol. The molecule has 6 heteroatoms. The Bertz CT molecular complexity index is 288. The van der Waals surface area contributed by atoms with Crippen molar-refractivity contribution >= 4 is 0 Å². The predicted molar refractivity (Wildman–Crippen MR) is 60.9 cm³/mol. The average molecular weight is 227 g/mol. The van der Waals surface area contributed by atoms with Crippen molar-refractivity contribution in [3.8, 4) is 0 Å². The van der Waals surface area contributed by atoms with E-state index in [9.17, 15) is 0 Å². The zero-order valence-corrected chi connectivity index (χ0v) is 10.3. The molecule has 1 aromatic heterocycles. The van der Waals surface area contributed by atoms with Crippen molar-refractivity contribution in [2.24, 2.45) is 5.92 Å². The summed E-state index contributed by atoms with van der Waals surface area (Å²) in [5.41, 5.74) is 0. The molecule has 0 aliphatic rings. The number of methoxy groups -OCH3 is 1. The topological polar surface area (TPSA) is 64.9 Å².